The van der Waals surface area contributed by atoms with Crippen molar-refractivity contribution in [1.29, 1.82) is 0 Å². The first-order valence-corrected chi connectivity index (χ1v) is 6.24. The molecule has 0 spiro atoms. The summed E-state index contributed by atoms with van der Waals surface area (Å²) in [5.41, 5.74) is 1.48. The van der Waals surface area contributed by atoms with Crippen LogP contribution in [0.2, 0.25) is 0 Å². The molecule has 1 aliphatic rings. The second kappa shape index (κ2) is 5.35. The Bertz CT molecular complexity index is 435. The molecule has 1 N–H and O–H groups in total. The maximum Gasteiger partial charge on any atom is 0.256 e. The average molecular weight is 248 g/mol. The highest BCUT2D eigenvalue weighted by Gasteiger charge is 2.27. The van der Waals surface area contributed by atoms with Gasteiger partial charge >= 0.3 is 0 Å². The molecule has 1 aliphatic heterocycles. The molecule has 1 aromatic heterocycles. The topological polar surface area (TPSA) is 48.5 Å². The Hall–Kier alpha value is -1.62. The van der Waals surface area contributed by atoms with Gasteiger partial charge in [0, 0.05) is 38.9 Å². The number of piperazine rings is 1. The summed E-state index contributed by atoms with van der Waals surface area (Å²) in [6.07, 6.45) is 3.35. The Kier molecular flexibility index (Phi) is 3.81. The SMILES string of the molecule is CNc1cnccc1C(=O)N1CCN(C)CC1C. The second-order valence-electron chi connectivity index (χ2n) is 4.78. The van der Waals surface area contributed by atoms with Crippen LogP contribution in [0.1, 0.15) is 17.3 Å². The molecule has 0 aliphatic carbocycles. The molecule has 1 atom stereocenters. The van der Waals surface area contributed by atoms with Gasteiger partial charge in [-0.3, -0.25) is 9.78 Å². The van der Waals surface area contributed by atoms with Crippen LogP contribution in [-0.4, -0.2) is 60.5 Å². The molecule has 5 heteroatoms. The van der Waals surface area contributed by atoms with E-state index >= 15 is 0 Å². The predicted molar refractivity (Wildman–Crippen MR) is 71.8 cm³/mol. The van der Waals surface area contributed by atoms with E-state index in [4.69, 9.17) is 0 Å². The fourth-order valence-corrected chi connectivity index (χ4v) is 2.38. The fourth-order valence-electron chi connectivity index (χ4n) is 2.38. The van der Waals surface area contributed by atoms with Crippen LogP contribution in [0.4, 0.5) is 5.69 Å². The molecule has 1 fully saturated rings. The zero-order chi connectivity index (χ0) is 13.1. The molecule has 98 valence electrons. The van der Waals surface area contributed by atoms with E-state index in [0.717, 1.165) is 25.3 Å². The summed E-state index contributed by atoms with van der Waals surface area (Å²) in [6, 6.07) is 2.02. The summed E-state index contributed by atoms with van der Waals surface area (Å²) in [7, 11) is 3.89. The lowest BCUT2D eigenvalue weighted by Gasteiger charge is -2.38. The summed E-state index contributed by atoms with van der Waals surface area (Å²) in [4.78, 5) is 20.8. The molecule has 0 saturated carbocycles. The van der Waals surface area contributed by atoms with Gasteiger partial charge in [0.15, 0.2) is 0 Å². The largest absolute Gasteiger partial charge is 0.386 e. The van der Waals surface area contributed by atoms with Crippen LogP contribution in [0.25, 0.3) is 0 Å². The van der Waals surface area contributed by atoms with Gasteiger partial charge in [0.25, 0.3) is 5.91 Å². The molecule has 2 heterocycles. The zero-order valence-electron chi connectivity index (χ0n) is 11.2. The first-order chi connectivity index (χ1) is 8.63. The van der Waals surface area contributed by atoms with Crippen LogP contribution in [-0.2, 0) is 0 Å². The zero-order valence-corrected chi connectivity index (χ0v) is 11.2. The molecule has 1 unspecified atom stereocenters. The lowest BCUT2D eigenvalue weighted by atomic mass is 10.1. The van der Waals surface area contributed by atoms with Gasteiger partial charge < -0.3 is 15.1 Å². The van der Waals surface area contributed by atoms with Crippen LogP contribution in [0, 0.1) is 0 Å². The Morgan fingerprint density at radius 1 is 1.50 bits per heavy atom. The highest BCUT2D eigenvalue weighted by atomic mass is 16.2. The van der Waals surface area contributed by atoms with Gasteiger partial charge in [-0.1, -0.05) is 0 Å². The third kappa shape index (κ3) is 2.46. The Balaban J connectivity index is 2.20. The van der Waals surface area contributed by atoms with Crippen molar-refractivity contribution < 1.29 is 4.79 Å². The van der Waals surface area contributed by atoms with Gasteiger partial charge in [-0.2, -0.15) is 0 Å². The molecule has 1 aromatic rings. The minimum absolute atomic E-state index is 0.0855. The molecule has 5 nitrogen and oxygen atoms in total. The van der Waals surface area contributed by atoms with Gasteiger partial charge in [0.1, 0.15) is 0 Å². The number of carbonyl (C=O) groups is 1. The molecule has 18 heavy (non-hydrogen) atoms. The third-order valence-electron chi connectivity index (χ3n) is 3.41. The van der Waals surface area contributed by atoms with Crippen LogP contribution in [0.15, 0.2) is 18.5 Å². The summed E-state index contributed by atoms with van der Waals surface area (Å²) in [5, 5.41) is 3.02. The highest BCUT2D eigenvalue weighted by Crippen LogP contribution is 2.18. The number of hydrogen-bond donors (Lipinski definition) is 1. The number of likely N-dealkylation sites (N-methyl/N-ethyl adjacent to an activating group) is 1. The van der Waals surface area contributed by atoms with E-state index in [0.29, 0.717) is 5.56 Å². The standard InChI is InChI=1S/C13H20N4O/c1-10-9-16(3)6-7-17(10)13(18)11-4-5-15-8-12(11)14-2/h4-5,8,10,14H,6-7,9H2,1-3H3. The highest BCUT2D eigenvalue weighted by molar-refractivity contribution is 5.99. The number of hydrogen-bond acceptors (Lipinski definition) is 4. The van der Waals surface area contributed by atoms with E-state index in [1.165, 1.54) is 0 Å². The maximum absolute atomic E-state index is 12.5. The first-order valence-electron chi connectivity index (χ1n) is 6.24. The van der Waals surface area contributed by atoms with Gasteiger partial charge in [0.05, 0.1) is 17.4 Å². The number of aromatic nitrogens is 1. The number of pyridine rings is 1. The van der Waals surface area contributed by atoms with Crippen molar-refractivity contribution in [2.24, 2.45) is 0 Å². The smallest absolute Gasteiger partial charge is 0.256 e. The third-order valence-corrected chi connectivity index (χ3v) is 3.41. The minimum atomic E-state index is 0.0855. The second-order valence-corrected chi connectivity index (χ2v) is 4.78. The lowest BCUT2D eigenvalue weighted by Crippen LogP contribution is -2.52. The number of rotatable bonds is 2. The monoisotopic (exact) mass is 248 g/mol. The Labute approximate surface area is 108 Å². The van der Waals surface area contributed by atoms with Crippen molar-refractivity contribution >= 4 is 11.6 Å². The Morgan fingerprint density at radius 3 is 2.94 bits per heavy atom. The summed E-state index contributed by atoms with van der Waals surface area (Å²) in [6.45, 7) is 4.72. The first kappa shape index (κ1) is 12.8. The van der Waals surface area contributed by atoms with Gasteiger partial charge in [-0.05, 0) is 20.0 Å². The molecule has 2 rings (SSSR count). The van der Waals surface area contributed by atoms with Crippen molar-refractivity contribution in [3.05, 3.63) is 24.0 Å². The van der Waals surface area contributed by atoms with Crippen molar-refractivity contribution in [1.82, 2.24) is 14.8 Å². The van der Waals surface area contributed by atoms with E-state index in [1.807, 2.05) is 4.90 Å². The van der Waals surface area contributed by atoms with E-state index in [2.05, 4.69) is 29.2 Å². The number of anilines is 1. The van der Waals surface area contributed by atoms with E-state index in [-0.39, 0.29) is 11.9 Å². The quantitative estimate of drug-likeness (QED) is 0.845. The predicted octanol–water partition coefficient (Wildman–Crippen LogP) is 0.899. The van der Waals surface area contributed by atoms with Crippen LogP contribution < -0.4 is 5.32 Å². The summed E-state index contributed by atoms with van der Waals surface area (Å²) < 4.78 is 0. The molecule has 0 aromatic carbocycles. The summed E-state index contributed by atoms with van der Waals surface area (Å²) in [5.74, 6) is 0.0855. The van der Waals surface area contributed by atoms with Crippen LogP contribution in [0.3, 0.4) is 0 Å². The van der Waals surface area contributed by atoms with E-state index < -0.39 is 0 Å². The van der Waals surface area contributed by atoms with Crippen molar-refractivity contribution in [3.63, 3.8) is 0 Å². The molecule has 0 bridgehead atoms. The number of carbonyl (C=O) groups excluding carboxylic acids is 1. The molecule has 1 amide bonds. The van der Waals surface area contributed by atoms with Gasteiger partial charge in [-0.25, -0.2) is 0 Å². The molecule has 1 saturated heterocycles. The number of nitrogens with zero attached hydrogens (tertiary/aromatic N) is 3. The average Bonchev–Trinajstić information content (AvgIpc) is 2.38. The van der Waals surface area contributed by atoms with Gasteiger partial charge in [0.2, 0.25) is 0 Å². The maximum atomic E-state index is 12.5. The molecular formula is C13H20N4O. The van der Waals surface area contributed by atoms with Gasteiger partial charge in [-0.15, -0.1) is 0 Å². The van der Waals surface area contributed by atoms with Crippen LogP contribution in [0.5, 0.6) is 0 Å². The normalized spacial score (nSPS) is 20.8. The number of amides is 1. The van der Waals surface area contributed by atoms with Crippen LogP contribution >= 0.6 is 0 Å². The molecular weight excluding hydrogens is 228 g/mol. The van der Waals surface area contributed by atoms with E-state index in [1.54, 1.807) is 25.5 Å². The number of nitrogens with one attached hydrogen (secondary N) is 1. The fraction of sp³-hybridized carbons (Fsp3) is 0.538. The molecule has 0 radical (unpaired) electrons. The summed E-state index contributed by atoms with van der Waals surface area (Å²) >= 11 is 0. The Morgan fingerprint density at radius 2 is 2.28 bits per heavy atom. The minimum Gasteiger partial charge on any atom is -0.386 e. The van der Waals surface area contributed by atoms with Crippen molar-refractivity contribution in [2.75, 3.05) is 39.0 Å². The van der Waals surface area contributed by atoms with E-state index in [9.17, 15) is 4.79 Å². The van der Waals surface area contributed by atoms with Crippen molar-refractivity contribution in [2.45, 2.75) is 13.0 Å². The van der Waals surface area contributed by atoms with Crippen molar-refractivity contribution in [3.8, 4) is 0 Å². The lowest BCUT2D eigenvalue weighted by molar-refractivity contribution is 0.0534.